The first-order chi connectivity index (χ1) is 12.9. The Hall–Kier alpha value is -3.29. The number of hydrogen-bond donors (Lipinski definition) is 1. The van der Waals surface area contributed by atoms with E-state index in [2.05, 4.69) is 15.5 Å². The van der Waals surface area contributed by atoms with Crippen LogP contribution in [0.15, 0.2) is 42.6 Å². The van der Waals surface area contributed by atoms with Crippen molar-refractivity contribution < 1.29 is 14.3 Å². The molecule has 3 aromatic rings. The highest BCUT2D eigenvalue weighted by Crippen LogP contribution is 2.32. The van der Waals surface area contributed by atoms with Gasteiger partial charge in [-0.3, -0.25) is 9.72 Å². The number of rotatable bonds is 2. The van der Waals surface area contributed by atoms with Gasteiger partial charge in [0.15, 0.2) is 5.65 Å². The van der Waals surface area contributed by atoms with Gasteiger partial charge in [0.05, 0.1) is 20.2 Å². The third kappa shape index (κ3) is 3.38. The van der Waals surface area contributed by atoms with Crippen LogP contribution in [0.1, 0.15) is 19.4 Å². The SMILES string of the molecule is COc1ccc2c(c1)OC(C)(C)CN(C(=O)Nc1nnc3ccccn13)C2. The molecular formula is C19H21N5O3. The smallest absolute Gasteiger partial charge is 0.324 e. The molecule has 2 amide bonds. The van der Waals surface area contributed by atoms with E-state index >= 15 is 0 Å². The molecule has 0 fully saturated rings. The molecule has 0 bridgehead atoms. The second kappa shape index (κ2) is 6.46. The second-order valence-electron chi connectivity index (χ2n) is 7.07. The van der Waals surface area contributed by atoms with Gasteiger partial charge in [0, 0.05) is 17.8 Å². The maximum atomic E-state index is 12.9. The van der Waals surface area contributed by atoms with Crippen LogP contribution >= 0.6 is 0 Å². The summed E-state index contributed by atoms with van der Waals surface area (Å²) in [5.41, 5.74) is 1.04. The molecule has 8 nitrogen and oxygen atoms in total. The van der Waals surface area contributed by atoms with E-state index in [0.717, 1.165) is 17.1 Å². The molecule has 8 heteroatoms. The number of aromatic nitrogens is 3. The Morgan fingerprint density at radius 2 is 2.11 bits per heavy atom. The van der Waals surface area contributed by atoms with Crippen LogP contribution in [-0.2, 0) is 6.54 Å². The Labute approximate surface area is 156 Å². The molecule has 3 heterocycles. The minimum atomic E-state index is -0.554. The predicted molar refractivity (Wildman–Crippen MR) is 100 cm³/mol. The Morgan fingerprint density at radius 3 is 2.93 bits per heavy atom. The molecule has 0 atom stereocenters. The van der Waals surface area contributed by atoms with Crippen LogP contribution in [0.2, 0.25) is 0 Å². The quantitative estimate of drug-likeness (QED) is 0.753. The number of nitrogens with one attached hydrogen (secondary N) is 1. The van der Waals surface area contributed by atoms with Crippen LogP contribution in [0.25, 0.3) is 5.65 Å². The van der Waals surface area contributed by atoms with Crippen LogP contribution in [0.3, 0.4) is 0 Å². The van der Waals surface area contributed by atoms with E-state index in [1.807, 2.05) is 56.4 Å². The number of carbonyl (C=O) groups is 1. The first kappa shape index (κ1) is 17.1. The lowest BCUT2D eigenvalue weighted by molar-refractivity contribution is 0.0832. The molecular weight excluding hydrogens is 346 g/mol. The molecule has 140 valence electrons. The third-order valence-electron chi connectivity index (χ3n) is 4.41. The molecule has 0 aliphatic carbocycles. The minimum absolute atomic E-state index is 0.256. The molecule has 0 saturated carbocycles. The average molecular weight is 367 g/mol. The van der Waals surface area contributed by atoms with Crippen LogP contribution in [-0.4, -0.2) is 44.8 Å². The normalized spacial score (nSPS) is 15.6. The van der Waals surface area contributed by atoms with E-state index in [1.54, 1.807) is 16.4 Å². The van der Waals surface area contributed by atoms with Crippen molar-refractivity contribution in [3.05, 3.63) is 48.2 Å². The van der Waals surface area contributed by atoms with E-state index in [9.17, 15) is 4.79 Å². The van der Waals surface area contributed by atoms with Gasteiger partial charge in [0.2, 0.25) is 5.95 Å². The fourth-order valence-electron chi connectivity index (χ4n) is 3.18. The fraction of sp³-hybridized carbons (Fsp3) is 0.316. The van der Waals surface area contributed by atoms with Crippen molar-refractivity contribution in [2.24, 2.45) is 0 Å². The zero-order chi connectivity index (χ0) is 19.0. The third-order valence-corrected chi connectivity index (χ3v) is 4.41. The summed E-state index contributed by atoms with van der Waals surface area (Å²) in [6.07, 6.45) is 1.81. The van der Waals surface area contributed by atoms with E-state index < -0.39 is 5.60 Å². The molecule has 2 aromatic heterocycles. The highest BCUT2D eigenvalue weighted by molar-refractivity contribution is 5.88. The molecule has 0 spiro atoms. The van der Waals surface area contributed by atoms with E-state index in [4.69, 9.17) is 9.47 Å². The van der Waals surface area contributed by atoms with Crippen molar-refractivity contribution in [3.8, 4) is 11.5 Å². The van der Waals surface area contributed by atoms with Crippen LogP contribution in [0.5, 0.6) is 11.5 Å². The molecule has 1 aromatic carbocycles. The lowest BCUT2D eigenvalue weighted by atomic mass is 10.1. The van der Waals surface area contributed by atoms with Crippen LogP contribution < -0.4 is 14.8 Å². The first-order valence-corrected chi connectivity index (χ1v) is 8.67. The molecule has 0 radical (unpaired) electrons. The Bertz CT molecular complexity index is 998. The minimum Gasteiger partial charge on any atom is -0.497 e. The molecule has 1 N–H and O–H groups in total. The summed E-state index contributed by atoms with van der Waals surface area (Å²) in [4.78, 5) is 14.6. The molecule has 0 unspecified atom stereocenters. The highest BCUT2D eigenvalue weighted by Gasteiger charge is 2.32. The van der Waals surface area contributed by atoms with Gasteiger partial charge in [0.25, 0.3) is 0 Å². The number of hydrogen-bond acceptors (Lipinski definition) is 5. The number of carbonyl (C=O) groups excluding carboxylic acids is 1. The summed E-state index contributed by atoms with van der Waals surface area (Å²) in [5, 5.41) is 11.0. The second-order valence-corrected chi connectivity index (χ2v) is 7.07. The summed E-state index contributed by atoms with van der Waals surface area (Å²) in [6.45, 7) is 4.75. The number of fused-ring (bicyclic) bond motifs is 2. The van der Waals surface area contributed by atoms with E-state index in [-0.39, 0.29) is 6.03 Å². The van der Waals surface area contributed by atoms with Crippen LogP contribution in [0.4, 0.5) is 10.7 Å². The number of amides is 2. The van der Waals surface area contributed by atoms with Crippen molar-refractivity contribution in [2.75, 3.05) is 19.0 Å². The maximum absolute atomic E-state index is 12.9. The Kier molecular flexibility index (Phi) is 4.10. The molecule has 1 aliphatic heterocycles. The number of ether oxygens (including phenoxy) is 2. The summed E-state index contributed by atoms with van der Waals surface area (Å²) < 4.78 is 13.2. The Balaban J connectivity index is 1.61. The topological polar surface area (TPSA) is 81.0 Å². The fourth-order valence-corrected chi connectivity index (χ4v) is 3.18. The molecule has 4 rings (SSSR count). The van der Waals surface area contributed by atoms with Crippen molar-refractivity contribution in [1.29, 1.82) is 0 Å². The Morgan fingerprint density at radius 1 is 1.26 bits per heavy atom. The van der Waals surface area contributed by atoms with Gasteiger partial charge < -0.3 is 14.4 Å². The van der Waals surface area contributed by atoms with E-state index in [1.165, 1.54) is 0 Å². The highest BCUT2D eigenvalue weighted by atomic mass is 16.5. The van der Waals surface area contributed by atoms with Gasteiger partial charge in [-0.05, 0) is 38.1 Å². The van der Waals surface area contributed by atoms with Gasteiger partial charge in [-0.15, -0.1) is 10.2 Å². The van der Waals surface area contributed by atoms with Gasteiger partial charge in [-0.1, -0.05) is 6.07 Å². The van der Waals surface area contributed by atoms with Crippen molar-refractivity contribution in [3.63, 3.8) is 0 Å². The lowest BCUT2D eigenvalue weighted by Gasteiger charge is -2.29. The van der Waals surface area contributed by atoms with Crippen molar-refractivity contribution in [1.82, 2.24) is 19.5 Å². The predicted octanol–water partition coefficient (Wildman–Crippen LogP) is 2.94. The van der Waals surface area contributed by atoms with Crippen LogP contribution in [0, 0.1) is 0 Å². The zero-order valence-corrected chi connectivity index (χ0v) is 15.5. The first-order valence-electron chi connectivity index (χ1n) is 8.67. The largest absolute Gasteiger partial charge is 0.497 e. The summed E-state index contributed by atoms with van der Waals surface area (Å²) >= 11 is 0. The lowest BCUT2D eigenvalue weighted by Crippen LogP contribution is -2.45. The summed E-state index contributed by atoms with van der Waals surface area (Å²) in [5.74, 6) is 1.83. The standard InChI is InChI=1S/C19H21N5O3/c1-19(2)12-23(11-13-7-8-14(26-3)10-15(13)27-19)18(25)20-17-22-21-16-6-4-5-9-24(16)17/h4-10H,11-12H2,1-3H3,(H,20,22,25). The van der Waals surface area contributed by atoms with E-state index in [0.29, 0.717) is 24.7 Å². The number of nitrogens with zero attached hydrogens (tertiary/aromatic N) is 4. The molecule has 1 aliphatic rings. The number of methoxy groups -OCH3 is 1. The van der Waals surface area contributed by atoms with Crippen molar-refractivity contribution >= 4 is 17.6 Å². The van der Waals surface area contributed by atoms with Gasteiger partial charge >= 0.3 is 6.03 Å². The van der Waals surface area contributed by atoms with Crippen molar-refractivity contribution in [2.45, 2.75) is 26.0 Å². The number of anilines is 1. The summed E-state index contributed by atoms with van der Waals surface area (Å²) in [7, 11) is 1.62. The maximum Gasteiger partial charge on any atom is 0.324 e. The monoisotopic (exact) mass is 367 g/mol. The van der Waals surface area contributed by atoms with Gasteiger partial charge in [-0.25, -0.2) is 4.79 Å². The van der Waals surface area contributed by atoms with Gasteiger partial charge in [0.1, 0.15) is 17.1 Å². The number of urea groups is 1. The number of pyridine rings is 1. The molecule has 27 heavy (non-hydrogen) atoms. The van der Waals surface area contributed by atoms with Gasteiger partial charge in [-0.2, -0.15) is 0 Å². The summed E-state index contributed by atoms with van der Waals surface area (Å²) in [6, 6.07) is 10.9. The zero-order valence-electron chi connectivity index (χ0n) is 15.5. The average Bonchev–Trinajstić information content (AvgIpc) is 2.98. The molecule has 0 saturated heterocycles. The number of benzene rings is 1.